The maximum Gasteiger partial charge on any atom is 0.245 e. The summed E-state index contributed by atoms with van der Waals surface area (Å²) < 4.78 is 13.3. The normalized spacial score (nSPS) is 16.4. The fourth-order valence-electron chi connectivity index (χ4n) is 3.70. The van der Waals surface area contributed by atoms with E-state index >= 15 is 0 Å². The third-order valence-electron chi connectivity index (χ3n) is 5.25. The molecule has 9 heteroatoms. The summed E-state index contributed by atoms with van der Waals surface area (Å²) in [5, 5.41) is 0. The third-order valence-corrected chi connectivity index (χ3v) is 5.25. The molecular weight excluding hydrogens is 384 g/mol. The number of hydrogen-bond donors (Lipinski definition) is 0. The van der Waals surface area contributed by atoms with E-state index in [9.17, 15) is 4.79 Å². The van der Waals surface area contributed by atoms with Gasteiger partial charge in [0.25, 0.3) is 0 Å². The van der Waals surface area contributed by atoms with Crippen LogP contribution in [0, 0.1) is 5.92 Å². The maximum atomic E-state index is 12.3. The van der Waals surface area contributed by atoms with E-state index < -0.39 is 0 Å². The number of ether oxygens (including phenoxy) is 2. The average Bonchev–Trinajstić information content (AvgIpc) is 3.38. The Kier molecular flexibility index (Phi) is 5.52. The van der Waals surface area contributed by atoms with Crippen LogP contribution in [0.25, 0.3) is 22.6 Å². The molecule has 30 heavy (non-hydrogen) atoms. The van der Waals surface area contributed by atoms with Crippen molar-refractivity contribution in [2.75, 3.05) is 20.2 Å². The summed E-state index contributed by atoms with van der Waals surface area (Å²) in [6.07, 6.45) is 3.89. The molecule has 4 heterocycles. The Balaban J connectivity index is 1.64. The molecule has 3 aromatic heterocycles. The smallest absolute Gasteiger partial charge is 0.245 e. The van der Waals surface area contributed by atoms with E-state index in [4.69, 9.17) is 14.5 Å². The highest BCUT2D eigenvalue weighted by Gasteiger charge is 2.30. The van der Waals surface area contributed by atoms with E-state index in [0.29, 0.717) is 42.6 Å². The number of methoxy groups -OCH3 is 1. The first-order valence-corrected chi connectivity index (χ1v) is 10.2. The largest absolute Gasteiger partial charge is 0.481 e. The second kappa shape index (κ2) is 8.25. The number of hydrogen-bond acceptors (Lipinski definition) is 7. The molecule has 0 unspecified atom stereocenters. The van der Waals surface area contributed by atoms with Gasteiger partial charge >= 0.3 is 0 Å². The number of likely N-dealkylation sites (tertiary alicyclic amines) is 1. The summed E-state index contributed by atoms with van der Waals surface area (Å²) in [4.78, 5) is 32.0. The summed E-state index contributed by atoms with van der Waals surface area (Å²) in [6, 6.07) is 3.72. The standard InChI is InChI=1S/C21H26N6O3/c1-5-27-18(14-6-7-16(29-4)22-10-14)25-17-19(27)23-12-24-20(17)30-15-8-9-26(11-15)21(28)13(2)3/h6-7,10,12-13,15H,5,8-9,11H2,1-4H3/t15-/m0/s1. The molecule has 158 valence electrons. The summed E-state index contributed by atoms with van der Waals surface area (Å²) in [6.45, 7) is 7.81. The van der Waals surface area contributed by atoms with E-state index in [1.807, 2.05) is 36.3 Å². The van der Waals surface area contributed by atoms with Crippen LogP contribution in [0.15, 0.2) is 24.7 Å². The van der Waals surface area contributed by atoms with Crippen LogP contribution in [0.3, 0.4) is 0 Å². The van der Waals surface area contributed by atoms with E-state index in [1.54, 1.807) is 19.4 Å². The van der Waals surface area contributed by atoms with Crippen molar-refractivity contribution in [3.05, 3.63) is 24.7 Å². The van der Waals surface area contributed by atoms with Gasteiger partial charge in [-0.25, -0.2) is 15.0 Å². The molecule has 1 aliphatic heterocycles. The number of imidazole rings is 1. The van der Waals surface area contributed by atoms with Crippen LogP contribution in [-0.4, -0.2) is 61.6 Å². The zero-order valence-electron chi connectivity index (χ0n) is 17.7. The van der Waals surface area contributed by atoms with Crippen LogP contribution in [-0.2, 0) is 11.3 Å². The minimum atomic E-state index is -0.108. The van der Waals surface area contributed by atoms with Gasteiger partial charge in [0.1, 0.15) is 18.3 Å². The van der Waals surface area contributed by atoms with Gasteiger partial charge < -0.3 is 18.9 Å². The number of aromatic nitrogens is 5. The van der Waals surface area contributed by atoms with Gasteiger partial charge in [-0.1, -0.05) is 13.8 Å². The molecule has 9 nitrogen and oxygen atoms in total. The quantitative estimate of drug-likeness (QED) is 0.616. The second-order valence-electron chi connectivity index (χ2n) is 7.59. The van der Waals surface area contributed by atoms with Crippen molar-refractivity contribution < 1.29 is 14.3 Å². The van der Waals surface area contributed by atoms with E-state index in [0.717, 1.165) is 17.8 Å². The molecule has 1 atom stereocenters. The zero-order valence-corrected chi connectivity index (χ0v) is 17.7. The summed E-state index contributed by atoms with van der Waals surface area (Å²) in [5.41, 5.74) is 2.18. The minimum Gasteiger partial charge on any atom is -0.481 e. The number of nitrogens with zero attached hydrogens (tertiary/aromatic N) is 6. The van der Waals surface area contributed by atoms with Crippen LogP contribution in [0.4, 0.5) is 0 Å². The summed E-state index contributed by atoms with van der Waals surface area (Å²) >= 11 is 0. The van der Waals surface area contributed by atoms with Crippen molar-refractivity contribution in [1.82, 2.24) is 29.4 Å². The van der Waals surface area contributed by atoms with E-state index in [2.05, 4.69) is 15.0 Å². The molecule has 4 rings (SSSR count). The summed E-state index contributed by atoms with van der Waals surface area (Å²) in [7, 11) is 1.58. The monoisotopic (exact) mass is 410 g/mol. The molecule has 1 saturated heterocycles. The number of pyridine rings is 1. The van der Waals surface area contributed by atoms with Crippen molar-refractivity contribution in [3.8, 4) is 23.1 Å². The number of rotatable bonds is 6. The minimum absolute atomic E-state index is 0.0181. The predicted molar refractivity (Wildman–Crippen MR) is 111 cm³/mol. The highest BCUT2D eigenvalue weighted by Crippen LogP contribution is 2.29. The number of aryl methyl sites for hydroxylation is 1. The van der Waals surface area contributed by atoms with Gasteiger partial charge in [0.2, 0.25) is 17.7 Å². The Labute approximate surface area is 175 Å². The lowest BCUT2D eigenvalue weighted by Gasteiger charge is -2.18. The van der Waals surface area contributed by atoms with Crippen molar-refractivity contribution in [2.45, 2.75) is 39.8 Å². The Bertz CT molecular complexity index is 1050. The van der Waals surface area contributed by atoms with Crippen LogP contribution in [0.2, 0.25) is 0 Å². The fraction of sp³-hybridized carbons (Fsp3) is 0.476. The van der Waals surface area contributed by atoms with Crippen LogP contribution < -0.4 is 9.47 Å². The van der Waals surface area contributed by atoms with E-state index in [-0.39, 0.29) is 17.9 Å². The summed E-state index contributed by atoms with van der Waals surface area (Å²) in [5.74, 6) is 1.87. The van der Waals surface area contributed by atoms with Crippen molar-refractivity contribution in [2.24, 2.45) is 5.92 Å². The maximum absolute atomic E-state index is 12.3. The Morgan fingerprint density at radius 2 is 2.10 bits per heavy atom. The molecular formula is C21H26N6O3. The third kappa shape index (κ3) is 3.67. The first-order chi connectivity index (χ1) is 14.5. The van der Waals surface area contributed by atoms with E-state index in [1.165, 1.54) is 6.33 Å². The number of carbonyl (C=O) groups is 1. The molecule has 1 aliphatic rings. The average molecular weight is 410 g/mol. The highest BCUT2D eigenvalue weighted by molar-refractivity contribution is 5.81. The van der Waals surface area contributed by atoms with Gasteiger partial charge in [-0.05, 0) is 13.0 Å². The lowest BCUT2D eigenvalue weighted by Crippen LogP contribution is -2.33. The molecule has 0 aromatic carbocycles. The van der Waals surface area contributed by atoms with Crippen LogP contribution >= 0.6 is 0 Å². The molecule has 0 radical (unpaired) electrons. The number of fused-ring (bicyclic) bond motifs is 1. The van der Waals surface area contributed by atoms with Crippen molar-refractivity contribution >= 4 is 17.1 Å². The first-order valence-electron chi connectivity index (χ1n) is 10.2. The molecule has 0 bridgehead atoms. The SMILES string of the molecule is CCn1c(-c2ccc(OC)nc2)nc2c(O[C@H]3CCN(C(=O)C(C)C)C3)ncnc21. The predicted octanol–water partition coefficient (Wildman–Crippen LogP) is 2.55. The molecule has 1 fully saturated rings. The Morgan fingerprint density at radius 1 is 1.27 bits per heavy atom. The molecule has 0 N–H and O–H groups in total. The van der Waals surface area contributed by atoms with Gasteiger partial charge in [0.05, 0.1) is 13.7 Å². The fourth-order valence-corrected chi connectivity index (χ4v) is 3.70. The molecule has 0 aliphatic carbocycles. The van der Waals surface area contributed by atoms with Crippen LogP contribution in [0.1, 0.15) is 27.2 Å². The topological polar surface area (TPSA) is 95.3 Å². The van der Waals surface area contributed by atoms with Crippen molar-refractivity contribution in [3.63, 3.8) is 0 Å². The highest BCUT2D eigenvalue weighted by atomic mass is 16.5. The van der Waals surface area contributed by atoms with Crippen molar-refractivity contribution in [1.29, 1.82) is 0 Å². The lowest BCUT2D eigenvalue weighted by molar-refractivity contribution is -0.133. The second-order valence-corrected chi connectivity index (χ2v) is 7.59. The Hall–Kier alpha value is -3.23. The zero-order chi connectivity index (χ0) is 21.3. The Morgan fingerprint density at radius 3 is 2.77 bits per heavy atom. The van der Waals surface area contributed by atoms with Gasteiger partial charge in [-0.15, -0.1) is 0 Å². The first kappa shape index (κ1) is 20.1. The van der Waals surface area contributed by atoms with Gasteiger partial charge in [0.15, 0.2) is 11.2 Å². The number of amides is 1. The lowest BCUT2D eigenvalue weighted by atomic mass is 10.2. The van der Waals surface area contributed by atoms with Gasteiger partial charge in [-0.3, -0.25) is 4.79 Å². The van der Waals surface area contributed by atoms with Gasteiger partial charge in [0, 0.05) is 43.3 Å². The molecule has 0 saturated carbocycles. The van der Waals surface area contributed by atoms with Crippen LogP contribution in [0.5, 0.6) is 11.8 Å². The molecule has 3 aromatic rings. The molecule has 0 spiro atoms. The number of carbonyl (C=O) groups excluding carboxylic acids is 1. The molecule has 1 amide bonds. The van der Waals surface area contributed by atoms with Gasteiger partial charge in [-0.2, -0.15) is 4.98 Å².